The molecule has 0 aliphatic carbocycles. The van der Waals surface area contributed by atoms with Gasteiger partial charge in [0.15, 0.2) is 16.7 Å². The van der Waals surface area contributed by atoms with Gasteiger partial charge in [-0.2, -0.15) is 0 Å². The van der Waals surface area contributed by atoms with E-state index in [4.69, 9.17) is 9.47 Å². The van der Waals surface area contributed by atoms with Crippen molar-refractivity contribution in [2.75, 3.05) is 13.2 Å². The van der Waals surface area contributed by atoms with E-state index in [1.54, 1.807) is 23.9 Å². The number of benzene rings is 2. The topological polar surface area (TPSA) is 102 Å². The average Bonchev–Trinajstić information content (AvgIpc) is 2.85. The third-order valence-corrected chi connectivity index (χ3v) is 5.73. The van der Waals surface area contributed by atoms with Crippen molar-refractivity contribution in [1.82, 2.24) is 20.8 Å². The first-order chi connectivity index (χ1) is 16.9. The highest BCUT2D eigenvalue weighted by molar-refractivity contribution is 7.98. The van der Waals surface area contributed by atoms with Crippen LogP contribution in [0.1, 0.15) is 47.1 Å². The van der Waals surface area contributed by atoms with Gasteiger partial charge in [0.2, 0.25) is 5.91 Å². The fourth-order valence-corrected chi connectivity index (χ4v) is 4.08. The lowest BCUT2D eigenvalue weighted by Gasteiger charge is -2.11. The van der Waals surface area contributed by atoms with Crippen LogP contribution in [-0.2, 0) is 10.5 Å². The molecule has 0 unspecified atom stereocenters. The zero-order chi connectivity index (χ0) is 25.0. The Bertz CT molecular complexity index is 1120. The summed E-state index contributed by atoms with van der Waals surface area (Å²) in [6.45, 7) is 6.71. The fraction of sp³-hybridized carbons (Fsp3) is 0.308. The van der Waals surface area contributed by atoms with Crippen LogP contribution in [0.3, 0.4) is 0 Å². The molecule has 0 bridgehead atoms. The largest absolute Gasteiger partial charge is 0.490 e. The number of nitrogens with one attached hydrogen (secondary N) is 2. The van der Waals surface area contributed by atoms with Crippen LogP contribution in [0.15, 0.2) is 59.8 Å². The Balaban J connectivity index is 1.37. The monoisotopic (exact) mass is 494 g/mol. The van der Waals surface area contributed by atoms with Gasteiger partial charge < -0.3 is 9.47 Å². The highest BCUT2D eigenvalue weighted by Crippen LogP contribution is 2.26. The van der Waals surface area contributed by atoms with Gasteiger partial charge in [-0.15, -0.1) is 0 Å². The van der Waals surface area contributed by atoms with Gasteiger partial charge in [0.25, 0.3) is 5.91 Å². The number of thioether (sulfide) groups is 1. The normalized spacial score (nSPS) is 10.5. The molecule has 1 aromatic heterocycles. The molecule has 9 heteroatoms. The average molecular weight is 495 g/mol. The molecule has 35 heavy (non-hydrogen) atoms. The maximum Gasteiger partial charge on any atom is 0.269 e. The lowest BCUT2D eigenvalue weighted by Crippen LogP contribution is -2.41. The number of carbonyl (C=O) groups is 2. The van der Waals surface area contributed by atoms with E-state index in [-0.39, 0.29) is 18.2 Å². The second-order valence-corrected chi connectivity index (χ2v) is 8.70. The molecule has 0 spiro atoms. The van der Waals surface area contributed by atoms with Gasteiger partial charge in [0, 0.05) is 29.1 Å². The molecule has 8 nitrogen and oxygen atoms in total. The Morgan fingerprint density at radius 3 is 2.23 bits per heavy atom. The van der Waals surface area contributed by atoms with Gasteiger partial charge in [0.05, 0.1) is 13.2 Å². The summed E-state index contributed by atoms with van der Waals surface area (Å²) in [5.41, 5.74) is 8.27. The van der Waals surface area contributed by atoms with Gasteiger partial charge in [-0.1, -0.05) is 36.0 Å². The molecule has 2 amide bonds. The Morgan fingerprint density at radius 2 is 1.57 bits per heavy atom. The fourth-order valence-electron chi connectivity index (χ4n) is 3.18. The smallest absolute Gasteiger partial charge is 0.269 e. The lowest BCUT2D eigenvalue weighted by atomic mass is 10.1. The van der Waals surface area contributed by atoms with Gasteiger partial charge in [-0.25, -0.2) is 9.97 Å². The summed E-state index contributed by atoms with van der Waals surface area (Å²) >= 11 is 1.54. The first-order valence-corrected chi connectivity index (χ1v) is 12.4. The molecule has 184 valence electrons. The Kier molecular flexibility index (Phi) is 9.92. The second kappa shape index (κ2) is 13.3. The van der Waals surface area contributed by atoms with Crippen molar-refractivity contribution in [1.29, 1.82) is 0 Å². The van der Waals surface area contributed by atoms with Crippen molar-refractivity contribution in [2.45, 2.75) is 44.5 Å². The number of carbonyl (C=O) groups excluding carboxylic acids is 2. The first kappa shape index (κ1) is 26.0. The Hall–Kier alpha value is -3.59. The van der Waals surface area contributed by atoms with Crippen LogP contribution in [0, 0.1) is 13.8 Å². The number of hydrogen-bond acceptors (Lipinski definition) is 7. The minimum atomic E-state index is -0.378. The molecule has 0 saturated heterocycles. The molecule has 0 radical (unpaired) electrons. The summed E-state index contributed by atoms with van der Waals surface area (Å²) in [7, 11) is 0. The van der Waals surface area contributed by atoms with E-state index in [2.05, 4.69) is 20.8 Å². The molecule has 0 saturated carbocycles. The van der Waals surface area contributed by atoms with E-state index in [0.717, 1.165) is 22.1 Å². The predicted octanol–water partition coefficient (Wildman–Crippen LogP) is 4.40. The minimum absolute atomic E-state index is 0.216. The van der Waals surface area contributed by atoms with Gasteiger partial charge >= 0.3 is 0 Å². The van der Waals surface area contributed by atoms with Gasteiger partial charge in [0.1, 0.15) is 0 Å². The zero-order valence-corrected chi connectivity index (χ0v) is 21.0. The van der Waals surface area contributed by atoms with Crippen LogP contribution in [0.5, 0.6) is 11.5 Å². The number of hydrogen-bond donors (Lipinski definition) is 2. The van der Waals surface area contributed by atoms with E-state index >= 15 is 0 Å². The molecular formula is C26H30N4O4S. The molecule has 0 fully saturated rings. The van der Waals surface area contributed by atoms with E-state index in [9.17, 15) is 9.59 Å². The van der Waals surface area contributed by atoms with Crippen molar-refractivity contribution in [3.05, 3.63) is 77.1 Å². The molecule has 0 aliphatic heterocycles. The van der Waals surface area contributed by atoms with E-state index < -0.39 is 0 Å². The minimum Gasteiger partial charge on any atom is -0.490 e. The molecule has 0 aliphatic rings. The molecule has 2 N–H and O–H groups in total. The van der Waals surface area contributed by atoms with E-state index in [1.165, 1.54) is 0 Å². The number of aryl methyl sites for hydroxylation is 2. The summed E-state index contributed by atoms with van der Waals surface area (Å²) in [5.74, 6) is 1.35. The molecule has 3 rings (SSSR count). The van der Waals surface area contributed by atoms with Gasteiger partial charge in [-0.05, 0) is 63.1 Å². The van der Waals surface area contributed by atoms with Crippen LogP contribution in [0.4, 0.5) is 0 Å². The van der Waals surface area contributed by atoms with Crippen LogP contribution >= 0.6 is 11.8 Å². The predicted molar refractivity (Wildman–Crippen MR) is 135 cm³/mol. The van der Waals surface area contributed by atoms with Crippen LogP contribution < -0.4 is 20.3 Å². The highest BCUT2D eigenvalue weighted by atomic mass is 32.2. The molecule has 1 heterocycles. The van der Waals surface area contributed by atoms with Crippen LogP contribution in [0.2, 0.25) is 0 Å². The molecule has 2 aromatic carbocycles. The number of nitrogens with zero attached hydrogens (tertiary/aromatic N) is 2. The zero-order valence-electron chi connectivity index (χ0n) is 20.2. The second-order valence-electron chi connectivity index (χ2n) is 7.75. The Labute approximate surface area is 209 Å². The summed E-state index contributed by atoms with van der Waals surface area (Å²) in [5, 5.41) is 0.732. The summed E-state index contributed by atoms with van der Waals surface area (Å²) in [4.78, 5) is 33.2. The van der Waals surface area contributed by atoms with Crippen molar-refractivity contribution < 1.29 is 19.1 Å². The SMILES string of the molecule is CCOc1ccccc1OCCCC(=O)NNC(=O)c1ccc(CSc2nc(C)cc(C)n2)cc1. The first-order valence-electron chi connectivity index (χ1n) is 11.4. The van der Waals surface area contributed by atoms with E-state index in [1.807, 2.05) is 63.2 Å². The quantitative estimate of drug-likeness (QED) is 0.176. The van der Waals surface area contributed by atoms with Crippen LogP contribution in [0.25, 0.3) is 0 Å². The number of amides is 2. The molecular weight excluding hydrogens is 464 g/mol. The summed E-state index contributed by atoms with van der Waals surface area (Å²) in [6, 6.07) is 16.6. The maximum atomic E-state index is 12.3. The number of hydrazine groups is 1. The molecule has 0 atom stereocenters. The third kappa shape index (κ3) is 8.60. The van der Waals surface area contributed by atoms with Crippen molar-refractivity contribution in [2.24, 2.45) is 0 Å². The number of rotatable bonds is 11. The number of aromatic nitrogens is 2. The standard InChI is InChI=1S/C26H30N4O4S/c1-4-33-22-8-5-6-9-23(22)34-15-7-10-24(31)29-30-25(32)21-13-11-20(12-14-21)17-35-26-27-18(2)16-19(3)28-26/h5-6,8-9,11-14,16H,4,7,10,15,17H2,1-3H3,(H,29,31)(H,30,32). The van der Waals surface area contributed by atoms with Crippen molar-refractivity contribution in [3.8, 4) is 11.5 Å². The van der Waals surface area contributed by atoms with Gasteiger partial charge in [-0.3, -0.25) is 20.4 Å². The lowest BCUT2D eigenvalue weighted by molar-refractivity contribution is -0.122. The number of para-hydroxylation sites is 2. The summed E-state index contributed by atoms with van der Waals surface area (Å²) < 4.78 is 11.2. The van der Waals surface area contributed by atoms with E-state index in [0.29, 0.717) is 42.4 Å². The Morgan fingerprint density at radius 1 is 0.914 bits per heavy atom. The van der Waals surface area contributed by atoms with Crippen molar-refractivity contribution in [3.63, 3.8) is 0 Å². The maximum absolute atomic E-state index is 12.3. The third-order valence-electron chi connectivity index (χ3n) is 4.82. The van der Waals surface area contributed by atoms with Crippen LogP contribution in [-0.4, -0.2) is 35.0 Å². The number of ether oxygens (including phenoxy) is 2. The summed E-state index contributed by atoms with van der Waals surface area (Å²) in [6.07, 6.45) is 0.715. The highest BCUT2D eigenvalue weighted by Gasteiger charge is 2.09. The molecule has 3 aromatic rings. The van der Waals surface area contributed by atoms with Crippen molar-refractivity contribution >= 4 is 23.6 Å².